The first-order valence-electron chi connectivity index (χ1n) is 8.65. The second kappa shape index (κ2) is 6.85. The topological polar surface area (TPSA) is 71.4 Å². The predicted molar refractivity (Wildman–Crippen MR) is 93.1 cm³/mol. The van der Waals surface area contributed by atoms with E-state index in [1.807, 2.05) is 34.0 Å². The molecule has 2 aliphatic rings. The summed E-state index contributed by atoms with van der Waals surface area (Å²) >= 11 is 0. The largest absolute Gasteiger partial charge is 0.369 e. The molecule has 2 N–H and O–H groups in total. The smallest absolute Gasteiger partial charge is 0.317 e. The number of nitrogens with one attached hydrogen (secondary N) is 2. The molecule has 132 valence electrons. The van der Waals surface area contributed by atoms with E-state index in [2.05, 4.69) is 27.9 Å². The van der Waals surface area contributed by atoms with Gasteiger partial charge in [-0.1, -0.05) is 24.3 Å². The molecule has 0 radical (unpaired) electrons. The Labute approximate surface area is 147 Å². The molecule has 2 aromatic rings. The molecule has 0 aliphatic carbocycles. The Bertz CT molecular complexity index is 727. The van der Waals surface area contributed by atoms with Crippen LogP contribution in [0.15, 0.2) is 42.7 Å². The molecule has 3 heterocycles. The number of amides is 2. The monoisotopic (exact) mass is 341 g/mol. The van der Waals surface area contributed by atoms with Crippen molar-refractivity contribution >= 4 is 6.03 Å². The van der Waals surface area contributed by atoms with Gasteiger partial charge in [-0.05, 0) is 17.2 Å². The van der Waals surface area contributed by atoms with Crippen molar-refractivity contribution in [3.05, 3.63) is 53.9 Å². The third-order valence-corrected chi connectivity index (χ3v) is 4.77. The van der Waals surface area contributed by atoms with Crippen molar-refractivity contribution in [2.45, 2.75) is 18.7 Å². The van der Waals surface area contributed by atoms with E-state index in [0.29, 0.717) is 26.2 Å². The Balaban J connectivity index is 1.32. The molecule has 1 aromatic carbocycles. The minimum atomic E-state index is -0.167. The number of hydrogen-bond donors (Lipinski definition) is 2. The molecule has 2 fully saturated rings. The number of benzene rings is 1. The Morgan fingerprint density at radius 2 is 2.20 bits per heavy atom. The van der Waals surface area contributed by atoms with Crippen LogP contribution in [0.25, 0.3) is 0 Å². The van der Waals surface area contributed by atoms with E-state index >= 15 is 0 Å². The Hall–Kier alpha value is -2.38. The zero-order valence-corrected chi connectivity index (χ0v) is 14.1. The van der Waals surface area contributed by atoms with Crippen LogP contribution in [-0.4, -0.2) is 59.1 Å². The van der Waals surface area contributed by atoms with Crippen LogP contribution in [0.2, 0.25) is 0 Å². The lowest BCUT2D eigenvalue weighted by molar-refractivity contribution is -0.125. The number of nitrogens with zero attached hydrogens (tertiary/aromatic N) is 3. The van der Waals surface area contributed by atoms with Gasteiger partial charge in [0, 0.05) is 38.6 Å². The van der Waals surface area contributed by atoms with Gasteiger partial charge in [0.25, 0.3) is 0 Å². The van der Waals surface area contributed by atoms with Crippen LogP contribution in [0, 0.1) is 0 Å². The number of carbonyl (C=O) groups excluding carboxylic acids is 1. The van der Waals surface area contributed by atoms with Gasteiger partial charge in [-0.2, -0.15) is 5.10 Å². The summed E-state index contributed by atoms with van der Waals surface area (Å²) in [7, 11) is 0. The van der Waals surface area contributed by atoms with Gasteiger partial charge >= 0.3 is 6.03 Å². The first-order chi connectivity index (χ1) is 12.2. The highest BCUT2D eigenvalue weighted by atomic mass is 16.5. The third kappa shape index (κ3) is 3.67. The Morgan fingerprint density at radius 1 is 1.32 bits per heavy atom. The number of rotatable bonds is 4. The number of urea groups is 1. The van der Waals surface area contributed by atoms with Crippen LogP contribution in [0.4, 0.5) is 4.79 Å². The van der Waals surface area contributed by atoms with Crippen LogP contribution < -0.4 is 10.6 Å². The molecular formula is C18H23N5O2. The molecule has 0 saturated carbocycles. The summed E-state index contributed by atoms with van der Waals surface area (Å²) in [6.07, 6.45) is 3.72. The van der Waals surface area contributed by atoms with Gasteiger partial charge in [0.2, 0.25) is 0 Å². The summed E-state index contributed by atoms with van der Waals surface area (Å²) in [4.78, 5) is 14.3. The van der Waals surface area contributed by atoms with Gasteiger partial charge in [0.05, 0.1) is 19.7 Å². The van der Waals surface area contributed by atoms with Gasteiger partial charge in [0.15, 0.2) is 0 Å². The van der Waals surface area contributed by atoms with Crippen LogP contribution in [0.1, 0.15) is 11.1 Å². The number of carbonyl (C=O) groups is 1. The maximum absolute atomic E-state index is 12.5. The zero-order chi connectivity index (χ0) is 17.1. The van der Waals surface area contributed by atoms with Gasteiger partial charge in [-0.3, -0.25) is 4.68 Å². The maximum atomic E-state index is 12.5. The van der Waals surface area contributed by atoms with Crippen molar-refractivity contribution in [1.29, 1.82) is 0 Å². The average molecular weight is 341 g/mol. The number of aromatic nitrogens is 2. The van der Waals surface area contributed by atoms with Crippen molar-refractivity contribution in [3.8, 4) is 0 Å². The highest BCUT2D eigenvalue weighted by Gasteiger charge is 2.43. The predicted octanol–water partition coefficient (Wildman–Crippen LogP) is 0.815. The first kappa shape index (κ1) is 16.1. The molecule has 2 aliphatic heterocycles. The summed E-state index contributed by atoms with van der Waals surface area (Å²) in [5, 5.41) is 10.5. The Morgan fingerprint density at radius 3 is 2.96 bits per heavy atom. The lowest BCUT2D eigenvalue weighted by Gasteiger charge is -2.48. The molecular weight excluding hydrogens is 318 g/mol. The molecule has 0 unspecified atom stereocenters. The molecule has 4 rings (SSSR count). The third-order valence-electron chi connectivity index (χ3n) is 4.77. The van der Waals surface area contributed by atoms with Gasteiger partial charge < -0.3 is 20.3 Å². The standard InChI is InChI=1S/C18H23N5O2/c24-17(22-7-8-25-18(14-22)12-19-13-18)20-10-15-3-1-4-16(9-15)11-23-6-2-5-21-23/h1-6,9,19H,7-8,10-14H2,(H,20,24). The second-order valence-electron chi connectivity index (χ2n) is 6.74. The van der Waals surface area contributed by atoms with E-state index in [1.165, 1.54) is 5.56 Å². The van der Waals surface area contributed by atoms with E-state index in [-0.39, 0.29) is 11.6 Å². The molecule has 25 heavy (non-hydrogen) atoms. The Kier molecular flexibility index (Phi) is 4.42. The SMILES string of the molecule is O=C(NCc1cccc(Cn2cccn2)c1)N1CCOC2(CNC2)C1. The average Bonchev–Trinajstić information content (AvgIpc) is 3.12. The summed E-state index contributed by atoms with van der Waals surface area (Å²) in [6, 6.07) is 10.1. The molecule has 7 heteroatoms. The number of morpholine rings is 1. The molecule has 0 atom stereocenters. The highest BCUT2D eigenvalue weighted by molar-refractivity contribution is 5.74. The van der Waals surface area contributed by atoms with Crippen molar-refractivity contribution in [2.24, 2.45) is 0 Å². The van der Waals surface area contributed by atoms with E-state index in [4.69, 9.17) is 4.74 Å². The molecule has 2 amide bonds. The fourth-order valence-corrected chi connectivity index (χ4v) is 3.34. The quantitative estimate of drug-likeness (QED) is 0.864. The highest BCUT2D eigenvalue weighted by Crippen LogP contribution is 2.22. The molecule has 7 nitrogen and oxygen atoms in total. The van der Waals surface area contributed by atoms with Crippen LogP contribution in [0.5, 0.6) is 0 Å². The van der Waals surface area contributed by atoms with E-state index in [0.717, 1.165) is 25.2 Å². The normalized spacial score (nSPS) is 18.8. The van der Waals surface area contributed by atoms with E-state index in [9.17, 15) is 4.79 Å². The zero-order valence-electron chi connectivity index (χ0n) is 14.1. The lowest BCUT2D eigenvalue weighted by Crippen LogP contribution is -2.69. The summed E-state index contributed by atoms with van der Waals surface area (Å²) < 4.78 is 7.70. The fraction of sp³-hybridized carbons (Fsp3) is 0.444. The lowest BCUT2D eigenvalue weighted by atomic mass is 9.95. The minimum absolute atomic E-state index is 0.0212. The molecule has 1 aromatic heterocycles. The van der Waals surface area contributed by atoms with E-state index < -0.39 is 0 Å². The van der Waals surface area contributed by atoms with Crippen LogP contribution >= 0.6 is 0 Å². The van der Waals surface area contributed by atoms with Crippen LogP contribution in [-0.2, 0) is 17.8 Å². The molecule has 1 spiro atoms. The van der Waals surface area contributed by atoms with Gasteiger partial charge in [-0.15, -0.1) is 0 Å². The first-order valence-corrected chi connectivity index (χ1v) is 8.65. The number of hydrogen-bond acceptors (Lipinski definition) is 4. The molecule has 2 saturated heterocycles. The van der Waals surface area contributed by atoms with Crippen molar-refractivity contribution in [1.82, 2.24) is 25.3 Å². The number of ether oxygens (including phenoxy) is 1. The maximum Gasteiger partial charge on any atom is 0.317 e. The van der Waals surface area contributed by atoms with Crippen molar-refractivity contribution < 1.29 is 9.53 Å². The van der Waals surface area contributed by atoms with Gasteiger partial charge in [0.1, 0.15) is 5.60 Å². The molecule has 0 bridgehead atoms. The van der Waals surface area contributed by atoms with Gasteiger partial charge in [-0.25, -0.2) is 4.79 Å². The fourth-order valence-electron chi connectivity index (χ4n) is 3.34. The minimum Gasteiger partial charge on any atom is -0.369 e. The summed E-state index contributed by atoms with van der Waals surface area (Å²) in [6.45, 7) is 4.81. The van der Waals surface area contributed by atoms with Crippen molar-refractivity contribution in [2.75, 3.05) is 32.8 Å². The summed E-state index contributed by atoms with van der Waals surface area (Å²) in [5.41, 5.74) is 2.09. The summed E-state index contributed by atoms with van der Waals surface area (Å²) in [5.74, 6) is 0. The second-order valence-corrected chi connectivity index (χ2v) is 6.74. The van der Waals surface area contributed by atoms with Crippen molar-refractivity contribution in [3.63, 3.8) is 0 Å². The van der Waals surface area contributed by atoms with Crippen LogP contribution in [0.3, 0.4) is 0 Å². The van der Waals surface area contributed by atoms with E-state index in [1.54, 1.807) is 6.20 Å².